The third kappa shape index (κ3) is 6.68. The molecule has 3 N–H and O–H groups in total. The fourth-order valence-corrected chi connectivity index (χ4v) is 3.89. The number of hydrogen-bond donors (Lipinski definition) is 2. The molecule has 5 nitrogen and oxygen atoms in total. The monoisotopic (exact) mass is 383 g/mol. The summed E-state index contributed by atoms with van der Waals surface area (Å²) >= 11 is 0. The Morgan fingerprint density at radius 1 is 1.08 bits per heavy atom. The summed E-state index contributed by atoms with van der Waals surface area (Å²) in [6.45, 7) is 10.1. The number of halogens is 2. The van der Waals surface area contributed by atoms with Crippen LogP contribution in [-0.4, -0.2) is 54.2 Å². The lowest BCUT2D eigenvalue weighted by Gasteiger charge is -2.41. The van der Waals surface area contributed by atoms with Crippen LogP contribution in [0.3, 0.4) is 0 Å². The lowest BCUT2D eigenvalue weighted by Crippen LogP contribution is -2.58. The fraction of sp³-hybridized carbons (Fsp3) is 0.941. The van der Waals surface area contributed by atoms with Gasteiger partial charge in [0.1, 0.15) is 0 Å². The van der Waals surface area contributed by atoms with Crippen molar-refractivity contribution in [1.29, 1.82) is 0 Å². The van der Waals surface area contributed by atoms with Crippen LogP contribution in [0.15, 0.2) is 0 Å². The molecule has 3 unspecified atom stereocenters. The van der Waals surface area contributed by atoms with Crippen molar-refractivity contribution in [3.63, 3.8) is 0 Å². The van der Waals surface area contributed by atoms with Crippen molar-refractivity contribution in [3.05, 3.63) is 0 Å². The van der Waals surface area contributed by atoms with Gasteiger partial charge in [0.05, 0.1) is 18.2 Å². The predicted molar refractivity (Wildman–Crippen MR) is 103 cm³/mol. The van der Waals surface area contributed by atoms with Gasteiger partial charge in [0.25, 0.3) is 0 Å². The van der Waals surface area contributed by atoms with Crippen molar-refractivity contribution in [2.24, 2.45) is 11.7 Å². The van der Waals surface area contributed by atoms with Crippen molar-refractivity contribution in [2.45, 2.75) is 83.7 Å². The van der Waals surface area contributed by atoms with Crippen LogP contribution >= 0.6 is 24.8 Å². The maximum absolute atomic E-state index is 12.8. The van der Waals surface area contributed by atoms with Gasteiger partial charge >= 0.3 is 0 Å². The van der Waals surface area contributed by atoms with Crippen LogP contribution in [0.1, 0.15) is 53.4 Å². The van der Waals surface area contributed by atoms with E-state index in [1.807, 2.05) is 0 Å². The number of nitrogens with one attached hydrogen (secondary N) is 1. The minimum atomic E-state index is -0.0654. The van der Waals surface area contributed by atoms with Crippen molar-refractivity contribution < 1.29 is 9.53 Å². The molecule has 3 atom stereocenters. The number of carbonyl (C=O) groups is 1. The van der Waals surface area contributed by atoms with E-state index in [9.17, 15) is 4.79 Å². The van der Waals surface area contributed by atoms with E-state index in [2.05, 4.69) is 37.9 Å². The van der Waals surface area contributed by atoms with Crippen LogP contribution in [0.2, 0.25) is 0 Å². The second kappa shape index (κ2) is 10.8. The average Bonchev–Trinajstić information content (AvgIpc) is 2.40. The molecule has 7 heteroatoms. The summed E-state index contributed by atoms with van der Waals surface area (Å²) < 4.78 is 5.80. The van der Waals surface area contributed by atoms with E-state index >= 15 is 0 Å². The molecule has 2 fully saturated rings. The van der Waals surface area contributed by atoms with Crippen molar-refractivity contribution in [3.8, 4) is 0 Å². The summed E-state index contributed by atoms with van der Waals surface area (Å²) in [5.41, 5.74) is 5.95. The number of carbonyl (C=O) groups excluding carboxylic acids is 1. The second-order valence-electron chi connectivity index (χ2n) is 7.52. The molecular weight excluding hydrogens is 349 g/mol. The van der Waals surface area contributed by atoms with Gasteiger partial charge in [-0.2, -0.15) is 0 Å². The van der Waals surface area contributed by atoms with Gasteiger partial charge in [-0.25, -0.2) is 0 Å². The highest BCUT2D eigenvalue weighted by Gasteiger charge is 2.35. The van der Waals surface area contributed by atoms with Crippen molar-refractivity contribution in [1.82, 2.24) is 10.2 Å². The topological polar surface area (TPSA) is 67.6 Å². The van der Waals surface area contributed by atoms with Gasteiger partial charge in [-0.3, -0.25) is 9.69 Å². The highest BCUT2D eigenvalue weighted by atomic mass is 35.5. The SMILES string of the molecule is CC1CN(C(C(=O)NC2CCC(N)CC2)C(C)C)CC(C)O1.Cl.Cl. The first-order valence-corrected chi connectivity index (χ1v) is 8.82. The number of nitrogens with two attached hydrogens (primary N) is 1. The zero-order valence-corrected chi connectivity index (χ0v) is 17.0. The van der Waals surface area contributed by atoms with Gasteiger partial charge in [-0.15, -0.1) is 24.8 Å². The van der Waals surface area contributed by atoms with Gasteiger partial charge in [-0.05, 0) is 45.4 Å². The van der Waals surface area contributed by atoms with Crippen LogP contribution in [0, 0.1) is 5.92 Å². The summed E-state index contributed by atoms with van der Waals surface area (Å²) in [6.07, 6.45) is 4.42. The van der Waals surface area contributed by atoms with Gasteiger partial charge in [0.2, 0.25) is 5.91 Å². The molecule has 1 saturated carbocycles. The third-order valence-corrected chi connectivity index (χ3v) is 4.86. The van der Waals surface area contributed by atoms with E-state index in [1.54, 1.807) is 0 Å². The Balaban J connectivity index is 0.00000264. The molecule has 1 saturated heterocycles. The quantitative estimate of drug-likeness (QED) is 0.781. The zero-order valence-electron chi connectivity index (χ0n) is 15.4. The fourth-order valence-electron chi connectivity index (χ4n) is 3.89. The predicted octanol–water partition coefficient (Wildman–Crippen LogP) is 2.35. The van der Waals surface area contributed by atoms with Crippen molar-refractivity contribution in [2.75, 3.05) is 13.1 Å². The summed E-state index contributed by atoms with van der Waals surface area (Å²) in [5.74, 6) is 0.472. The lowest BCUT2D eigenvalue weighted by atomic mass is 9.91. The molecule has 0 aromatic carbocycles. The van der Waals surface area contributed by atoms with Gasteiger partial charge in [0.15, 0.2) is 0 Å². The third-order valence-electron chi connectivity index (χ3n) is 4.86. The molecule has 0 spiro atoms. The van der Waals surface area contributed by atoms with E-state index in [-0.39, 0.29) is 49.0 Å². The van der Waals surface area contributed by atoms with E-state index in [0.29, 0.717) is 18.0 Å². The molecular formula is C17H35Cl2N3O2. The largest absolute Gasteiger partial charge is 0.373 e. The van der Waals surface area contributed by atoms with E-state index < -0.39 is 0 Å². The number of nitrogens with zero attached hydrogens (tertiary/aromatic N) is 1. The van der Waals surface area contributed by atoms with Gasteiger partial charge in [0, 0.05) is 25.2 Å². The van der Waals surface area contributed by atoms with Crippen LogP contribution < -0.4 is 11.1 Å². The minimum Gasteiger partial charge on any atom is -0.373 e. The molecule has 2 rings (SSSR count). The first kappa shape index (κ1) is 23.9. The molecule has 0 radical (unpaired) electrons. The lowest BCUT2D eigenvalue weighted by molar-refractivity contribution is -0.136. The Bertz CT molecular complexity index is 367. The Morgan fingerprint density at radius 2 is 1.58 bits per heavy atom. The zero-order chi connectivity index (χ0) is 16.3. The number of ether oxygens (including phenoxy) is 1. The highest BCUT2D eigenvalue weighted by Crippen LogP contribution is 2.21. The number of amides is 1. The minimum absolute atomic E-state index is 0. The summed E-state index contributed by atoms with van der Waals surface area (Å²) in [6, 6.07) is 0.545. The Morgan fingerprint density at radius 3 is 2.04 bits per heavy atom. The molecule has 0 aromatic rings. The maximum atomic E-state index is 12.8. The number of morpholine rings is 1. The van der Waals surface area contributed by atoms with Gasteiger partial charge in [-0.1, -0.05) is 13.8 Å². The normalized spacial score (nSPS) is 32.4. The van der Waals surface area contributed by atoms with E-state index in [4.69, 9.17) is 10.5 Å². The van der Waals surface area contributed by atoms with Crippen LogP contribution in [-0.2, 0) is 9.53 Å². The Labute approximate surface area is 159 Å². The summed E-state index contributed by atoms with van der Waals surface area (Å²) in [4.78, 5) is 15.1. The smallest absolute Gasteiger partial charge is 0.237 e. The molecule has 2 aliphatic rings. The van der Waals surface area contributed by atoms with Crippen LogP contribution in [0.25, 0.3) is 0 Å². The summed E-state index contributed by atoms with van der Waals surface area (Å²) in [7, 11) is 0. The molecule has 0 aromatic heterocycles. The first-order chi connectivity index (χ1) is 10.4. The molecule has 144 valence electrons. The van der Waals surface area contributed by atoms with Gasteiger partial charge < -0.3 is 15.8 Å². The molecule has 0 bridgehead atoms. The molecule has 1 heterocycles. The Hall–Kier alpha value is -0.0700. The van der Waals surface area contributed by atoms with Crippen molar-refractivity contribution >= 4 is 30.7 Å². The second-order valence-corrected chi connectivity index (χ2v) is 7.52. The maximum Gasteiger partial charge on any atom is 0.237 e. The highest BCUT2D eigenvalue weighted by molar-refractivity contribution is 5.85. The Kier molecular flexibility index (Phi) is 10.8. The van der Waals surface area contributed by atoms with Crippen LogP contribution in [0.5, 0.6) is 0 Å². The standard InChI is InChI=1S/C17H33N3O2.2ClH/c1-11(2)16(20-9-12(3)22-13(4)10-20)17(21)19-15-7-5-14(18)6-8-15;;/h11-16H,5-10,18H2,1-4H3,(H,19,21);2*1H. The number of rotatable bonds is 4. The van der Waals surface area contributed by atoms with E-state index in [1.165, 1.54) is 0 Å². The summed E-state index contributed by atoms with van der Waals surface area (Å²) in [5, 5.41) is 3.27. The van der Waals surface area contributed by atoms with Crippen LogP contribution in [0.4, 0.5) is 0 Å². The molecule has 1 amide bonds. The number of hydrogen-bond acceptors (Lipinski definition) is 4. The average molecular weight is 384 g/mol. The molecule has 1 aliphatic heterocycles. The first-order valence-electron chi connectivity index (χ1n) is 8.82. The molecule has 24 heavy (non-hydrogen) atoms. The van der Waals surface area contributed by atoms with E-state index in [0.717, 1.165) is 38.8 Å². The molecule has 1 aliphatic carbocycles.